The summed E-state index contributed by atoms with van der Waals surface area (Å²) in [5.41, 5.74) is 0. The van der Waals surface area contributed by atoms with Crippen LogP contribution in [0.5, 0.6) is 0 Å². The number of hydrogen-bond acceptors (Lipinski definition) is 2. The van der Waals surface area contributed by atoms with Gasteiger partial charge in [-0.2, -0.15) is 0 Å². The van der Waals surface area contributed by atoms with Gasteiger partial charge in [0.1, 0.15) is 0 Å². The van der Waals surface area contributed by atoms with Gasteiger partial charge in [-0.05, 0) is 29.7 Å². The molecule has 12 heavy (non-hydrogen) atoms. The molecule has 0 bridgehead atoms. The van der Waals surface area contributed by atoms with Gasteiger partial charge in [-0.15, -0.1) is 11.3 Å². The van der Waals surface area contributed by atoms with E-state index in [1.54, 1.807) is 11.3 Å². The Morgan fingerprint density at radius 3 is 3.00 bits per heavy atom. The van der Waals surface area contributed by atoms with Gasteiger partial charge in [-0.1, -0.05) is 13.0 Å². The fourth-order valence-electron chi connectivity index (χ4n) is 1.67. The third-order valence-electron chi connectivity index (χ3n) is 2.66. The molecule has 0 amide bonds. The molecule has 2 rings (SSSR count). The van der Waals surface area contributed by atoms with Crippen LogP contribution in [0.2, 0.25) is 0 Å². The largest absolute Gasteiger partial charge is 0.392 e. The molecule has 66 valence electrons. The van der Waals surface area contributed by atoms with Gasteiger partial charge >= 0.3 is 0 Å². The predicted octanol–water partition coefficient (Wildman–Crippen LogP) is 2.31. The Hall–Kier alpha value is -0.340. The summed E-state index contributed by atoms with van der Waals surface area (Å²) in [6.07, 6.45) is 1.97. The molecule has 0 saturated heterocycles. The molecule has 0 spiro atoms. The molecule has 1 aromatic heterocycles. The summed E-state index contributed by atoms with van der Waals surface area (Å²) in [5.74, 6) is 1.33. The second-order valence-corrected chi connectivity index (χ2v) is 4.76. The molecule has 1 aliphatic carbocycles. The second kappa shape index (κ2) is 3.19. The highest BCUT2D eigenvalue weighted by atomic mass is 32.1. The number of thiophene rings is 1. The summed E-state index contributed by atoms with van der Waals surface area (Å²) < 4.78 is 0. The fourth-order valence-corrected chi connectivity index (χ4v) is 2.43. The molecular formula is C10H14OS. The normalized spacial score (nSPS) is 30.2. The average molecular weight is 182 g/mol. The van der Waals surface area contributed by atoms with Crippen LogP contribution in [0, 0.1) is 11.8 Å². The summed E-state index contributed by atoms with van der Waals surface area (Å²) in [4.78, 5) is 1.31. The maximum atomic E-state index is 9.74. The van der Waals surface area contributed by atoms with E-state index in [9.17, 15) is 5.11 Å². The van der Waals surface area contributed by atoms with Crippen molar-refractivity contribution in [2.24, 2.45) is 11.8 Å². The van der Waals surface area contributed by atoms with Gasteiger partial charge in [-0.25, -0.2) is 0 Å². The van der Waals surface area contributed by atoms with E-state index >= 15 is 0 Å². The first-order valence-electron chi connectivity index (χ1n) is 4.48. The Morgan fingerprint density at radius 1 is 1.75 bits per heavy atom. The smallest absolute Gasteiger partial charge is 0.0619 e. The van der Waals surface area contributed by atoms with Gasteiger partial charge in [-0.3, -0.25) is 0 Å². The van der Waals surface area contributed by atoms with Crippen molar-refractivity contribution in [2.75, 3.05) is 0 Å². The van der Waals surface area contributed by atoms with Crippen molar-refractivity contribution in [2.45, 2.75) is 25.9 Å². The van der Waals surface area contributed by atoms with Crippen molar-refractivity contribution in [3.05, 3.63) is 22.4 Å². The topological polar surface area (TPSA) is 20.2 Å². The van der Waals surface area contributed by atoms with Crippen molar-refractivity contribution in [1.82, 2.24) is 0 Å². The van der Waals surface area contributed by atoms with Crippen LogP contribution in [0.1, 0.15) is 18.2 Å². The lowest BCUT2D eigenvalue weighted by atomic mass is 10.1. The zero-order chi connectivity index (χ0) is 8.55. The van der Waals surface area contributed by atoms with Gasteiger partial charge in [0.25, 0.3) is 0 Å². The van der Waals surface area contributed by atoms with Gasteiger partial charge in [0, 0.05) is 11.3 Å². The summed E-state index contributed by atoms with van der Waals surface area (Å²) in [6, 6.07) is 4.14. The van der Waals surface area contributed by atoms with E-state index in [1.807, 2.05) is 6.07 Å². The van der Waals surface area contributed by atoms with Crippen LogP contribution in [0.15, 0.2) is 17.5 Å². The summed E-state index contributed by atoms with van der Waals surface area (Å²) in [7, 11) is 0. The number of hydrogen-bond donors (Lipinski definition) is 1. The van der Waals surface area contributed by atoms with E-state index in [2.05, 4.69) is 18.4 Å². The molecule has 0 radical (unpaired) electrons. The first kappa shape index (κ1) is 8.27. The third kappa shape index (κ3) is 1.70. The first-order valence-corrected chi connectivity index (χ1v) is 5.36. The molecule has 1 nitrogen and oxygen atoms in total. The molecule has 0 aromatic carbocycles. The Labute approximate surface area is 77.0 Å². The van der Waals surface area contributed by atoms with Crippen LogP contribution < -0.4 is 0 Å². The lowest BCUT2D eigenvalue weighted by Crippen LogP contribution is -2.12. The van der Waals surface area contributed by atoms with E-state index < -0.39 is 0 Å². The highest BCUT2D eigenvalue weighted by Crippen LogP contribution is 2.41. The predicted molar refractivity (Wildman–Crippen MR) is 51.3 cm³/mol. The van der Waals surface area contributed by atoms with Crippen LogP contribution in [0.3, 0.4) is 0 Å². The Kier molecular flexibility index (Phi) is 2.20. The van der Waals surface area contributed by atoms with Crippen molar-refractivity contribution in [1.29, 1.82) is 0 Å². The summed E-state index contributed by atoms with van der Waals surface area (Å²) >= 11 is 1.74. The van der Waals surface area contributed by atoms with E-state index in [4.69, 9.17) is 0 Å². The van der Waals surface area contributed by atoms with Gasteiger partial charge in [0.05, 0.1) is 6.10 Å². The Morgan fingerprint density at radius 2 is 2.50 bits per heavy atom. The first-order chi connectivity index (χ1) is 5.77. The quantitative estimate of drug-likeness (QED) is 0.760. The Bertz CT molecular complexity index is 242. The molecule has 3 unspecified atom stereocenters. The summed E-state index contributed by atoms with van der Waals surface area (Å²) in [6.45, 7) is 2.21. The molecular weight excluding hydrogens is 168 g/mol. The maximum Gasteiger partial charge on any atom is 0.0619 e. The van der Waals surface area contributed by atoms with Crippen molar-refractivity contribution in [3.63, 3.8) is 0 Å². The zero-order valence-electron chi connectivity index (χ0n) is 7.23. The SMILES string of the molecule is CC1CC1C(O)Cc1cccs1. The molecule has 1 aliphatic rings. The number of rotatable bonds is 3. The molecule has 1 N–H and O–H groups in total. The third-order valence-corrected chi connectivity index (χ3v) is 3.56. The maximum absolute atomic E-state index is 9.74. The van der Waals surface area contributed by atoms with E-state index in [0.717, 1.165) is 12.3 Å². The molecule has 1 aromatic rings. The van der Waals surface area contributed by atoms with Gasteiger partial charge in [0.15, 0.2) is 0 Å². The minimum Gasteiger partial charge on any atom is -0.392 e. The molecule has 3 atom stereocenters. The molecule has 1 fully saturated rings. The minimum atomic E-state index is -0.0985. The van der Waals surface area contributed by atoms with Crippen LogP contribution in [-0.2, 0) is 6.42 Å². The molecule has 0 aliphatic heterocycles. The molecule has 2 heteroatoms. The van der Waals surface area contributed by atoms with Crippen LogP contribution in [0.25, 0.3) is 0 Å². The summed E-state index contributed by atoms with van der Waals surface area (Å²) in [5, 5.41) is 11.8. The van der Waals surface area contributed by atoms with Crippen molar-refractivity contribution in [3.8, 4) is 0 Å². The van der Waals surface area contributed by atoms with Crippen LogP contribution >= 0.6 is 11.3 Å². The molecule has 1 saturated carbocycles. The number of aliphatic hydroxyl groups excluding tert-OH is 1. The average Bonchev–Trinajstić information content (AvgIpc) is 2.58. The minimum absolute atomic E-state index is 0.0985. The van der Waals surface area contributed by atoms with Crippen LogP contribution in [0.4, 0.5) is 0 Å². The highest BCUT2D eigenvalue weighted by Gasteiger charge is 2.38. The van der Waals surface area contributed by atoms with Crippen molar-refractivity contribution >= 4 is 11.3 Å². The second-order valence-electron chi connectivity index (χ2n) is 3.73. The van der Waals surface area contributed by atoms with E-state index in [1.165, 1.54) is 11.3 Å². The zero-order valence-corrected chi connectivity index (χ0v) is 8.05. The lowest BCUT2D eigenvalue weighted by Gasteiger charge is -2.06. The van der Waals surface area contributed by atoms with E-state index in [-0.39, 0.29) is 6.10 Å². The van der Waals surface area contributed by atoms with Gasteiger partial charge < -0.3 is 5.11 Å². The molecule has 1 heterocycles. The van der Waals surface area contributed by atoms with Gasteiger partial charge in [0.2, 0.25) is 0 Å². The van der Waals surface area contributed by atoms with Crippen molar-refractivity contribution < 1.29 is 5.11 Å². The highest BCUT2D eigenvalue weighted by molar-refractivity contribution is 7.09. The monoisotopic (exact) mass is 182 g/mol. The number of aliphatic hydroxyl groups is 1. The lowest BCUT2D eigenvalue weighted by molar-refractivity contribution is 0.147. The van der Waals surface area contributed by atoms with E-state index in [0.29, 0.717) is 5.92 Å². The fraction of sp³-hybridized carbons (Fsp3) is 0.600. The van der Waals surface area contributed by atoms with Crippen LogP contribution in [-0.4, -0.2) is 11.2 Å². The Balaban J connectivity index is 1.87. The standard InChI is InChI=1S/C10H14OS/c1-7-5-9(7)10(11)6-8-3-2-4-12-8/h2-4,7,9-11H,5-6H2,1H3.